The van der Waals surface area contributed by atoms with Crippen LogP contribution < -0.4 is 14.8 Å². The van der Waals surface area contributed by atoms with E-state index >= 15 is 0 Å². The number of benzene rings is 1. The van der Waals surface area contributed by atoms with Crippen molar-refractivity contribution in [1.29, 1.82) is 0 Å². The molecule has 0 saturated carbocycles. The maximum atomic E-state index is 11.7. The summed E-state index contributed by atoms with van der Waals surface area (Å²) < 4.78 is 37.9. The zero-order valence-electron chi connectivity index (χ0n) is 13.3. The van der Waals surface area contributed by atoms with Gasteiger partial charge in [0.1, 0.15) is 0 Å². The monoisotopic (exact) mass is 367 g/mol. The molecule has 2 aliphatic heterocycles. The molecule has 0 unspecified atom stereocenters. The lowest BCUT2D eigenvalue weighted by Crippen LogP contribution is -2.38. The van der Waals surface area contributed by atoms with Crippen molar-refractivity contribution in [2.75, 3.05) is 24.9 Å². The minimum atomic E-state index is -3.07. The van der Waals surface area contributed by atoms with Gasteiger partial charge in [0.25, 0.3) is 5.91 Å². The van der Waals surface area contributed by atoms with Gasteiger partial charge in [-0.25, -0.2) is 13.2 Å². The van der Waals surface area contributed by atoms with E-state index in [-0.39, 0.29) is 18.3 Å². The summed E-state index contributed by atoms with van der Waals surface area (Å²) in [5.74, 6) is 0.0395. The first-order chi connectivity index (χ1) is 11.9. The molecule has 0 aromatic heterocycles. The highest BCUT2D eigenvalue weighted by Crippen LogP contribution is 2.32. The Hall–Kier alpha value is -2.55. The highest BCUT2D eigenvalue weighted by atomic mass is 32.2. The first-order valence-electron chi connectivity index (χ1n) is 7.65. The van der Waals surface area contributed by atoms with Gasteiger partial charge in [0.15, 0.2) is 27.9 Å². The molecule has 0 spiro atoms. The number of sulfone groups is 1. The Balaban J connectivity index is 1.44. The fourth-order valence-electron chi connectivity index (χ4n) is 2.54. The summed E-state index contributed by atoms with van der Waals surface area (Å²) in [6, 6.07) is 4.79. The van der Waals surface area contributed by atoms with Crippen LogP contribution in [0.3, 0.4) is 0 Å². The second kappa shape index (κ2) is 7.14. The molecule has 1 saturated heterocycles. The van der Waals surface area contributed by atoms with Crippen LogP contribution in [-0.4, -0.2) is 51.2 Å². The molecular formula is C16H17NO7S. The summed E-state index contributed by atoms with van der Waals surface area (Å²) in [7, 11) is -3.07. The van der Waals surface area contributed by atoms with Crippen LogP contribution in [0.2, 0.25) is 0 Å². The Bertz CT molecular complexity index is 816. The highest BCUT2D eigenvalue weighted by molar-refractivity contribution is 7.91. The van der Waals surface area contributed by atoms with Crippen molar-refractivity contribution in [3.05, 3.63) is 29.8 Å². The van der Waals surface area contributed by atoms with Crippen LogP contribution in [0.4, 0.5) is 0 Å². The molecule has 1 aromatic carbocycles. The molecule has 1 N–H and O–H groups in total. The van der Waals surface area contributed by atoms with Crippen LogP contribution in [0, 0.1) is 0 Å². The number of hydrogen-bond donors (Lipinski definition) is 1. The summed E-state index contributed by atoms with van der Waals surface area (Å²) in [6.07, 6.45) is 3.11. The first-order valence-corrected chi connectivity index (χ1v) is 9.48. The molecule has 134 valence electrons. The van der Waals surface area contributed by atoms with E-state index in [1.807, 2.05) is 0 Å². The smallest absolute Gasteiger partial charge is 0.331 e. The number of ether oxygens (including phenoxy) is 3. The van der Waals surface area contributed by atoms with Crippen molar-refractivity contribution in [2.24, 2.45) is 0 Å². The Kier molecular flexibility index (Phi) is 4.93. The molecular weight excluding hydrogens is 350 g/mol. The molecule has 1 amide bonds. The predicted octanol–water partition coefficient (Wildman–Crippen LogP) is 0.275. The molecule has 0 bridgehead atoms. The predicted molar refractivity (Wildman–Crippen MR) is 87.8 cm³/mol. The van der Waals surface area contributed by atoms with Crippen molar-refractivity contribution in [1.82, 2.24) is 5.32 Å². The lowest BCUT2D eigenvalue weighted by molar-refractivity contribution is -0.143. The minimum absolute atomic E-state index is 0.0655. The van der Waals surface area contributed by atoms with Gasteiger partial charge in [-0.05, 0) is 30.2 Å². The molecule has 9 heteroatoms. The van der Waals surface area contributed by atoms with Crippen molar-refractivity contribution in [3.63, 3.8) is 0 Å². The van der Waals surface area contributed by atoms with Crippen LogP contribution in [0.5, 0.6) is 11.5 Å². The quantitative estimate of drug-likeness (QED) is 0.588. The molecule has 1 fully saturated rings. The van der Waals surface area contributed by atoms with E-state index in [9.17, 15) is 18.0 Å². The molecule has 1 atom stereocenters. The molecule has 2 aliphatic rings. The molecule has 0 aliphatic carbocycles. The zero-order chi connectivity index (χ0) is 17.9. The van der Waals surface area contributed by atoms with Crippen molar-refractivity contribution in [2.45, 2.75) is 12.5 Å². The SMILES string of the molecule is O=C(COC(=O)/C=C/c1ccc2c(c1)OCO2)N[C@@H]1CCS(=O)(=O)C1. The van der Waals surface area contributed by atoms with Gasteiger partial charge in [-0.2, -0.15) is 0 Å². The standard InChI is InChI=1S/C16H17NO7S/c18-15(17-12-5-6-25(20,21)9-12)8-22-16(19)4-2-11-1-3-13-14(7-11)24-10-23-13/h1-4,7,12H,5-6,8-10H2,(H,17,18)/b4-2+/t12-/m1/s1. The van der Waals surface area contributed by atoms with E-state index in [1.54, 1.807) is 18.2 Å². The molecule has 2 heterocycles. The summed E-state index contributed by atoms with van der Waals surface area (Å²) in [4.78, 5) is 23.3. The maximum Gasteiger partial charge on any atom is 0.331 e. The van der Waals surface area contributed by atoms with Gasteiger partial charge in [0.2, 0.25) is 6.79 Å². The van der Waals surface area contributed by atoms with Crippen molar-refractivity contribution in [3.8, 4) is 11.5 Å². The van der Waals surface area contributed by atoms with E-state index in [0.717, 1.165) is 5.56 Å². The summed E-state index contributed by atoms with van der Waals surface area (Å²) >= 11 is 0. The van der Waals surface area contributed by atoms with E-state index in [2.05, 4.69) is 5.32 Å². The fourth-order valence-corrected chi connectivity index (χ4v) is 4.22. The topological polar surface area (TPSA) is 108 Å². The Morgan fingerprint density at radius 1 is 1.28 bits per heavy atom. The number of rotatable bonds is 5. The van der Waals surface area contributed by atoms with E-state index < -0.39 is 34.4 Å². The number of hydrogen-bond acceptors (Lipinski definition) is 7. The lowest BCUT2D eigenvalue weighted by atomic mass is 10.2. The lowest BCUT2D eigenvalue weighted by Gasteiger charge is -2.10. The van der Waals surface area contributed by atoms with E-state index in [0.29, 0.717) is 17.9 Å². The largest absolute Gasteiger partial charge is 0.454 e. The Morgan fingerprint density at radius 3 is 2.84 bits per heavy atom. The number of fused-ring (bicyclic) bond motifs is 1. The van der Waals surface area contributed by atoms with Gasteiger partial charge in [-0.15, -0.1) is 0 Å². The fraction of sp³-hybridized carbons (Fsp3) is 0.375. The van der Waals surface area contributed by atoms with Gasteiger partial charge in [-0.3, -0.25) is 4.79 Å². The van der Waals surface area contributed by atoms with Crippen LogP contribution >= 0.6 is 0 Å². The highest BCUT2D eigenvalue weighted by Gasteiger charge is 2.28. The Labute approximate surface area is 144 Å². The van der Waals surface area contributed by atoms with Crippen molar-refractivity contribution >= 4 is 27.8 Å². The number of esters is 1. The molecule has 1 aromatic rings. The number of carbonyl (C=O) groups excluding carboxylic acids is 2. The Morgan fingerprint density at radius 2 is 2.08 bits per heavy atom. The second-order valence-electron chi connectivity index (χ2n) is 5.72. The third-order valence-corrected chi connectivity index (χ3v) is 5.52. The number of carbonyl (C=O) groups is 2. The average Bonchev–Trinajstić information content (AvgIpc) is 3.16. The van der Waals surface area contributed by atoms with E-state index in [4.69, 9.17) is 14.2 Å². The van der Waals surface area contributed by atoms with Gasteiger partial charge < -0.3 is 19.5 Å². The molecule has 3 rings (SSSR count). The van der Waals surface area contributed by atoms with Crippen LogP contribution in [0.15, 0.2) is 24.3 Å². The third kappa shape index (κ3) is 4.72. The zero-order valence-corrected chi connectivity index (χ0v) is 14.1. The second-order valence-corrected chi connectivity index (χ2v) is 7.95. The van der Waals surface area contributed by atoms with Crippen molar-refractivity contribution < 1.29 is 32.2 Å². The number of nitrogens with one attached hydrogen (secondary N) is 1. The summed E-state index contributed by atoms with van der Waals surface area (Å²) in [5.41, 5.74) is 0.724. The van der Waals surface area contributed by atoms with Gasteiger partial charge in [0.05, 0.1) is 11.5 Å². The summed E-state index contributed by atoms with van der Waals surface area (Å²) in [5, 5.41) is 2.54. The van der Waals surface area contributed by atoms with Crippen LogP contribution in [0.25, 0.3) is 6.08 Å². The average molecular weight is 367 g/mol. The van der Waals surface area contributed by atoms with Crippen LogP contribution in [-0.2, 0) is 24.2 Å². The maximum absolute atomic E-state index is 11.7. The molecule has 25 heavy (non-hydrogen) atoms. The normalized spacial score (nSPS) is 20.6. The number of amides is 1. The van der Waals surface area contributed by atoms with Gasteiger partial charge >= 0.3 is 5.97 Å². The summed E-state index contributed by atoms with van der Waals surface area (Å²) in [6.45, 7) is -0.289. The minimum Gasteiger partial charge on any atom is -0.454 e. The molecule has 8 nitrogen and oxygen atoms in total. The van der Waals surface area contributed by atoms with Crippen LogP contribution in [0.1, 0.15) is 12.0 Å². The van der Waals surface area contributed by atoms with E-state index in [1.165, 1.54) is 12.2 Å². The van der Waals surface area contributed by atoms with Gasteiger partial charge in [-0.1, -0.05) is 6.07 Å². The molecule has 0 radical (unpaired) electrons. The third-order valence-electron chi connectivity index (χ3n) is 3.75. The van der Waals surface area contributed by atoms with Gasteiger partial charge in [0, 0.05) is 12.1 Å². The first kappa shape index (κ1) is 17.3.